The molecule has 1 aliphatic rings. The first kappa shape index (κ1) is 19.2. The predicted octanol–water partition coefficient (Wildman–Crippen LogP) is 3.52. The number of ether oxygens (including phenoxy) is 1. The van der Waals surface area contributed by atoms with Crippen molar-refractivity contribution in [2.45, 2.75) is 45.8 Å². The van der Waals surface area contributed by atoms with Crippen LogP contribution in [0.3, 0.4) is 0 Å². The Morgan fingerprint density at radius 1 is 1.38 bits per heavy atom. The lowest BCUT2D eigenvalue weighted by Gasteiger charge is -2.33. The minimum Gasteiger partial charge on any atom is -0.444 e. The summed E-state index contributed by atoms with van der Waals surface area (Å²) in [5.41, 5.74) is 0.377. The summed E-state index contributed by atoms with van der Waals surface area (Å²) in [6.45, 7) is 8.56. The van der Waals surface area contributed by atoms with E-state index in [1.54, 1.807) is 11.1 Å². The van der Waals surface area contributed by atoms with Crippen molar-refractivity contribution >= 4 is 29.3 Å². The van der Waals surface area contributed by atoms with Crippen LogP contribution in [0.25, 0.3) is 0 Å². The molecule has 2 rings (SSSR count). The van der Waals surface area contributed by atoms with Gasteiger partial charge in [-0.3, -0.25) is 0 Å². The summed E-state index contributed by atoms with van der Waals surface area (Å²) >= 11 is 11.7. The molecular formula is C16H24Cl2N4O2. The van der Waals surface area contributed by atoms with E-state index in [4.69, 9.17) is 27.9 Å². The summed E-state index contributed by atoms with van der Waals surface area (Å²) in [4.78, 5) is 21.7. The normalized spacial score (nSPS) is 16.3. The molecule has 0 atom stereocenters. The first-order chi connectivity index (χ1) is 11.2. The average molecular weight is 375 g/mol. The van der Waals surface area contributed by atoms with Crippen LogP contribution in [0.1, 0.15) is 39.2 Å². The van der Waals surface area contributed by atoms with Crippen molar-refractivity contribution in [2.75, 3.05) is 19.6 Å². The first-order valence-electron chi connectivity index (χ1n) is 8.10. The van der Waals surface area contributed by atoms with E-state index in [9.17, 15) is 4.79 Å². The van der Waals surface area contributed by atoms with Gasteiger partial charge in [-0.05, 0) is 57.7 Å². The highest BCUT2D eigenvalue weighted by atomic mass is 35.5. The van der Waals surface area contributed by atoms with Gasteiger partial charge < -0.3 is 15.0 Å². The van der Waals surface area contributed by atoms with E-state index in [1.165, 1.54) is 0 Å². The molecule has 0 bridgehead atoms. The van der Waals surface area contributed by atoms with Gasteiger partial charge in [-0.25, -0.2) is 14.8 Å². The molecule has 0 saturated carbocycles. The Labute approximate surface area is 152 Å². The van der Waals surface area contributed by atoms with Crippen LogP contribution in [-0.4, -0.2) is 46.2 Å². The number of nitrogens with one attached hydrogen (secondary N) is 1. The smallest absolute Gasteiger partial charge is 0.410 e. The molecule has 1 saturated heterocycles. The van der Waals surface area contributed by atoms with Crippen LogP contribution in [0.2, 0.25) is 10.4 Å². The fourth-order valence-corrected chi connectivity index (χ4v) is 2.91. The van der Waals surface area contributed by atoms with Gasteiger partial charge in [0.25, 0.3) is 0 Å². The Hall–Kier alpha value is -1.11. The third-order valence-electron chi connectivity index (χ3n) is 3.80. The summed E-state index contributed by atoms with van der Waals surface area (Å²) in [7, 11) is 0. The van der Waals surface area contributed by atoms with Crippen molar-refractivity contribution in [1.82, 2.24) is 20.2 Å². The van der Waals surface area contributed by atoms with E-state index in [0.29, 0.717) is 17.6 Å². The standard InChI is InChI=1S/C16H24Cl2N4O2/c1-16(2,3)24-15(23)22-6-4-11(5-7-22)8-19-9-12-10-20-14(18)21-13(12)17/h10-11,19H,4-9H2,1-3H3. The molecule has 1 aliphatic heterocycles. The Morgan fingerprint density at radius 2 is 2.04 bits per heavy atom. The first-order valence-corrected chi connectivity index (χ1v) is 8.86. The highest BCUT2D eigenvalue weighted by Crippen LogP contribution is 2.20. The molecule has 6 nitrogen and oxygen atoms in total. The van der Waals surface area contributed by atoms with E-state index in [0.717, 1.165) is 38.0 Å². The molecule has 8 heteroatoms. The number of rotatable bonds is 4. The van der Waals surface area contributed by atoms with Crippen LogP contribution >= 0.6 is 23.2 Å². The fourth-order valence-electron chi connectivity index (χ4n) is 2.54. The van der Waals surface area contributed by atoms with Crippen molar-refractivity contribution < 1.29 is 9.53 Å². The number of hydrogen-bond donors (Lipinski definition) is 1. The third-order valence-corrected chi connectivity index (χ3v) is 4.31. The van der Waals surface area contributed by atoms with E-state index in [2.05, 4.69) is 15.3 Å². The lowest BCUT2D eigenvalue weighted by atomic mass is 9.97. The maximum Gasteiger partial charge on any atom is 0.410 e. The Morgan fingerprint density at radius 3 is 2.62 bits per heavy atom. The van der Waals surface area contributed by atoms with Gasteiger partial charge in [0.1, 0.15) is 10.8 Å². The molecule has 1 amide bonds. The van der Waals surface area contributed by atoms with Gasteiger partial charge >= 0.3 is 6.09 Å². The Kier molecular flexibility index (Phi) is 6.66. The summed E-state index contributed by atoms with van der Waals surface area (Å²) < 4.78 is 5.41. The largest absolute Gasteiger partial charge is 0.444 e. The van der Waals surface area contributed by atoms with Gasteiger partial charge in [0.05, 0.1) is 0 Å². The molecule has 0 radical (unpaired) electrons. The Balaban J connectivity index is 1.70. The highest BCUT2D eigenvalue weighted by Gasteiger charge is 2.26. The van der Waals surface area contributed by atoms with Crippen LogP contribution in [0.15, 0.2) is 6.20 Å². The SMILES string of the molecule is CC(C)(C)OC(=O)N1CCC(CNCc2cnc(Cl)nc2Cl)CC1. The molecule has 1 fully saturated rings. The maximum absolute atomic E-state index is 12.0. The van der Waals surface area contributed by atoms with E-state index in [1.807, 2.05) is 20.8 Å². The lowest BCUT2D eigenvalue weighted by Crippen LogP contribution is -2.43. The van der Waals surface area contributed by atoms with Crippen LogP contribution < -0.4 is 5.32 Å². The number of carbonyl (C=O) groups is 1. The van der Waals surface area contributed by atoms with Crippen LogP contribution in [-0.2, 0) is 11.3 Å². The predicted molar refractivity (Wildman–Crippen MR) is 94.3 cm³/mol. The van der Waals surface area contributed by atoms with Crippen LogP contribution in [0.5, 0.6) is 0 Å². The lowest BCUT2D eigenvalue weighted by molar-refractivity contribution is 0.0184. The summed E-state index contributed by atoms with van der Waals surface area (Å²) in [6.07, 6.45) is 3.32. The minimum atomic E-state index is -0.449. The van der Waals surface area contributed by atoms with E-state index < -0.39 is 5.60 Å². The summed E-state index contributed by atoms with van der Waals surface area (Å²) in [6, 6.07) is 0. The average Bonchev–Trinajstić information content (AvgIpc) is 2.48. The number of piperidine rings is 1. The van der Waals surface area contributed by atoms with E-state index in [-0.39, 0.29) is 11.4 Å². The number of nitrogens with zero attached hydrogens (tertiary/aromatic N) is 3. The van der Waals surface area contributed by atoms with E-state index >= 15 is 0 Å². The number of likely N-dealkylation sites (tertiary alicyclic amines) is 1. The van der Waals surface area contributed by atoms with Gasteiger partial charge in [0.2, 0.25) is 5.28 Å². The van der Waals surface area contributed by atoms with Gasteiger partial charge in [0, 0.05) is 31.4 Å². The molecule has 2 heterocycles. The fraction of sp³-hybridized carbons (Fsp3) is 0.688. The van der Waals surface area contributed by atoms with Crippen molar-refractivity contribution in [3.8, 4) is 0 Å². The number of aromatic nitrogens is 2. The monoisotopic (exact) mass is 374 g/mol. The summed E-state index contributed by atoms with van der Waals surface area (Å²) in [5, 5.41) is 3.90. The quantitative estimate of drug-likeness (QED) is 0.644. The molecular weight excluding hydrogens is 351 g/mol. The van der Waals surface area contributed by atoms with Gasteiger partial charge in [-0.2, -0.15) is 0 Å². The number of hydrogen-bond acceptors (Lipinski definition) is 5. The molecule has 0 spiro atoms. The molecule has 1 N–H and O–H groups in total. The third kappa shape index (κ3) is 6.07. The number of amides is 1. The van der Waals surface area contributed by atoms with Gasteiger partial charge in [-0.15, -0.1) is 0 Å². The second-order valence-corrected chi connectivity index (χ2v) is 7.69. The van der Waals surface area contributed by atoms with Gasteiger partial charge in [0.15, 0.2) is 0 Å². The highest BCUT2D eigenvalue weighted by molar-refractivity contribution is 6.32. The van der Waals surface area contributed by atoms with Crippen molar-refractivity contribution in [3.63, 3.8) is 0 Å². The molecule has 0 aromatic carbocycles. The zero-order valence-electron chi connectivity index (χ0n) is 14.3. The Bertz CT molecular complexity index is 570. The molecule has 0 unspecified atom stereocenters. The molecule has 24 heavy (non-hydrogen) atoms. The van der Waals surface area contributed by atoms with Crippen molar-refractivity contribution in [3.05, 3.63) is 22.2 Å². The maximum atomic E-state index is 12.0. The molecule has 1 aromatic rings. The zero-order valence-corrected chi connectivity index (χ0v) is 15.8. The second-order valence-electron chi connectivity index (χ2n) is 7.00. The van der Waals surface area contributed by atoms with Crippen LogP contribution in [0.4, 0.5) is 4.79 Å². The van der Waals surface area contributed by atoms with Gasteiger partial charge in [-0.1, -0.05) is 11.6 Å². The number of carbonyl (C=O) groups excluding carboxylic acids is 1. The topological polar surface area (TPSA) is 67.3 Å². The second kappa shape index (κ2) is 8.32. The zero-order chi connectivity index (χ0) is 17.7. The number of halogens is 2. The minimum absolute atomic E-state index is 0.151. The summed E-state index contributed by atoms with van der Waals surface area (Å²) in [5.74, 6) is 0.524. The molecule has 1 aromatic heterocycles. The molecule has 0 aliphatic carbocycles. The van der Waals surface area contributed by atoms with Crippen molar-refractivity contribution in [2.24, 2.45) is 5.92 Å². The van der Waals surface area contributed by atoms with Crippen LogP contribution in [0, 0.1) is 5.92 Å². The van der Waals surface area contributed by atoms with Crippen molar-refractivity contribution in [1.29, 1.82) is 0 Å². The molecule has 134 valence electrons.